The van der Waals surface area contributed by atoms with E-state index in [0.29, 0.717) is 6.04 Å². The van der Waals surface area contributed by atoms with E-state index in [2.05, 4.69) is 55.1 Å². The van der Waals surface area contributed by atoms with E-state index in [-0.39, 0.29) is 0 Å². The Morgan fingerprint density at radius 2 is 2.05 bits per heavy atom. The monoisotopic (exact) mass is 335 g/mol. The van der Waals surface area contributed by atoms with Crippen LogP contribution in [0.5, 0.6) is 0 Å². The van der Waals surface area contributed by atoms with E-state index in [9.17, 15) is 0 Å². The minimum atomic E-state index is 0.317. The van der Waals surface area contributed by atoms with Gasteiger partial charge in [-0.15, -0.1) is 5.10 Å². The molecule has 3 rings (SSSR count). The van der Waals surface area contributed by atoms with Gasteiger partial charge >= 0.3 is 0 Å². The van der Waals surface area contributed by atoms with Crippen molar-refractivity contribution in [2.75, 3.05) is 18.0 Å². The minimum absolute atomic E-state index is 0.317. The zero-order valence-electron chi connectivity index (χ0n) is 11.4. The Kier molecular flexibility index (Phi) is 3.76. The van der Waals surface area contributed by atoms with Crippen LogP contribution in [0.4, 0.5) is 5.95 Å². The molecule has 106 valence electrons. The van der Waals surface area contributed by atoms with Crippen LogP contribution < -0.4 is 10.6 Å². The molecule has 0 bridgehead atoms. The fourth-order valence-corrected chi connectivity index (χ4v) is 3.10. The Morgan fingerprint density at radius 3 is 2.75 bits per heavy atom. The van der Waals surface area contributed by atoms with Gasteiger partial charge in [0.25, 0.3) is 0 Å². The number of rotatable bonds is 2. The second-order valence-corrected chi connectivity index (χ2v) is 6.24. The second kappa shape index (κ2) is 5.54. The summed E-state index contributed by atoms with van der Waals surface area (Å²) in [5.41, 5.74) is 8.16. The Bertz CT molecular complexity index is 581. The summed E-state index contributed by atoms with van der Waals surface area (Å²) in [6.45, 7) is 3.92. The number of aryl methyl sites for hydroxylation is 1. The van der Waals surface area contributed by atoms with Crippen LogP contribution >= 0.6 is 15.9 Å². The van der Waals surface area contributed by atoms with Gasteiger partial charge in [-0.05, 0) is 43.5 Å². The standard InChI is InChI=1S/C14H18BrN5/c1-9-6-10(8-11(15)7-9)13-17-14(19-18-13)20-4-2-12(16)3-5-20/h6-8,12H,2-5,16H2,1H3,(H,17,18,19). The van der Waals surface area contributed by atoms with Gasteiger partial charge in [-0.1, -0.05) is 15.9 Å². The van der Waals surface area contributed by atoms with Crippen molar-refractivity contribution in [3.05, 3.63) is 28.2 Å². The average Bonchev–Trinajstić information content (AvgIpc) is 2.88. The molecular formula is C14H18BrN5. The zero-order valence-corrected chi connectivity index (χ0v) is 13.0. The number of hydrogen-bond donors (Lipinski definition) is 2. The van der Waals surface area contributed by atoms with Crippen LogP contribution in [0.1, 0.15) is 18.4 Å². The van der Waals surface area contributed by atoms with Gasteiger partial charge in [0, 0.05) is 29.2 Å². The SMILES string of the molecule is Cc1cc(Br)cc(-c2nc(N3CCC(N)CC3)n[nH]2)c1. The van der Waals surface area contributed by atoms with Gasteiger partial charge in [0.15, 0.2) is 5.82 Å². The number of halogens is 1. The lowest BCUT2D eigenvalue weighted by Crippen LogP contribution is -2.40. The smallest absolute Gasteiger partial charge is 0.245 e. The molecule has 1 aliphatic heterocycles. The minimum Gasteiger partial charge on any atom is -0.339 e. The molecule has 0 radical (unpaired) electrons. The van der Waals surface area contributed by atoms with Crippen molar-refractivity contribution in [3.8, 4) is 11.4 Å². The van der Waals surface area contributed by atoms with Gasteiger partial charge in [0.05, 0.1) is 0 Å². The van der Waals surface area contributed by atoms with E-state index in [1.54, 1.807) is 0 Å². The number of aromatic amines is 1. The van der Waals surface area contributed by atoms with Crippen molar-refractivity contribution >= 4 is 21.9 Å². The van der Waals surface area contributed by atoms with Crippen LogP contribution in [0.25, 0.3) is 11.4 Å². The first-order valence-electron chi connectivity index (χ1n) is 6.82. The lowest BCUT2D eigenvalue weighted by Gasteiger charge is -2.28. The molecular weight excluding hydrogens is 318 g/mol. The van der Waals surface area contributed by atoms with E-state index in [1.807, 2.05) is 6.07 Å². The molecule has 6 heteroatoms. The van der Waals surface area contributed by atoms with Crippen LogP contribution in [-0.4, -0.2) is 34.3 Å². The van der Waals surface area contributed by atoms with Crippen molar-refractivity contribution in [2.45, 2.75) is 25.8 Å². The van der Waals surface area contributed by atoms with E-state index in [0.717, 1.165) is 47.7 Å². The molecule has 0 aliphatic carbocycles. The topological polar surface area (TPSA) is 70.8 Å². The molecule has 0 saturated carbocycles. The van der Waals surface area contributed by atoms with Gasteiger partial charge in [0.2, 0.25) is 5.95 Å². The number of nitrogens with two attached hydrogens (primary N) is 1. The summed E-state index contributed by atoms with van der Waals surface area (Å²) in [5, 5.41) is 7.36. The second-order valence-electron chi connectivity index (χ2n) is 5.33. The van der Waals surface area contributed by atoms with Gasteiger partial charge in [-0.2, -0.15) is 4.98 Å². The van der Waals surface area contributed by atoms with Gasteiger partial charge in [-0.3, -0.25) is 5.10 Å². The van der Waals surface area contributed by atoms with Crippen molar-refractivity contribution in [1.82, 2.24) is 15.2 Å². The van der Waals surface area contributed by atoms with E-state index >= 15 is 0 Å². The van der Waals surface area contributed by atoms with E-state index in [1.165, 1.54) is 5.56 Å². The third-order valence-corrected chi connectivity index (χ3v) is 4.07. The summed E-state index contributed by atoms with van der Waals surface area (Å²) in [7, 11) is 0. The quantitative estimate of drug-likeness (QED) is 0.884. The first-order chi connectivity index (χ1) is 9.61. The highest BCUT2D eigenvalue weighted by Gasteiger charge is 2.19. The highest BCUT2D eigenvalue weighted by Crippen LogP contribution is 2.24. The summed E-state index contributed by atoms with van der Waals surface area (Å²) in [6.07, 6.45) is 2.00. The number of H-pyrrole nitrogens is 1. The molecule has 1 aliphatic rings. The predicted molar refractivity (Wildman–Crippen MR) is 83.7 cm³/mol. The normalized spacial score (nSPS) is 16.6. The number of nitrogens with one attached hydrogen (secondary N) is 1. The maximum Gasteiger partial charge on any atom is 0.245 e. The van der Waals surface area contributed by atoms with Gasteiger partial charge in [-0.25, -0.2) is 0 Å². The Morgan fingerprint density at radius 1 is 1.30 bits per heavy atom. The molecule has 20 heavy (non-hydrogen) atoms. The van der Waals surface area contributed by atoms with Gasteiger partial charge < -0.3 is 10.6 Å². The first kappa shape index (κ1) is 13.6. The Labute approximate surface area is 126 Å². The summed E-state index contributed by atoms with van der Waals surface area (Å²) in [4.78, 5) is 6.80. The molecule has 1 aromatic heterocycles. The molecule has 0 unspecified atom stereocenters. The van der Waals surface area contributed by atoms with Crippen molar-refractivity contribution < 1.29 is 0 Å². The highest BCUT2D eigenvalue weighted by atomic mass is 79.9. The van der Waals surface area contributed by atoms with Crippen LogP contribution in [0, 0.1) is 6.92 Å². The molecule has 5 nitrogen and oxygen atoms in total. The lowest BCUT2D eigenvalue weighted by molar-refractivity contribution is 0.496. The lowest BCUT2D eigenvalue weighted by atomic mass is 10.1. The number of nitrogens with zero attached hydrogens (tertiary/aromatic N) is 3. The number of benzene rings is 1. The van der Waals surface area contributed by atoms with Crippen LogP contribution in [-0.2, 0) is 0 Å². The molecule has 1 aromatic carbocycles. The predicted octanol–water partition coefficient (Wildman–Crippen LogP) is 2.47. The molecule has 0 atom stereocenters. The van der Waals surface area contributed by atoms with Crippen LogP contribution in [0.15, 0.2) is 22.7 Å². The van der Waals surface area contributed by atoms with Crippen LogP contribution in [0.3, 0.4) is 0 Å². The van der Waals surface area contributed by atoms with E-state index in [4.69, 9.17) is 5.73 Å². The van der Waals surface area contributed by atoms with Crippen molar-refractivity contribution in [1.29, 1.82) is 0 Å². The molecule has 0 spiro atoms. The maximum atomic E-state index is 5.92. The molecule has 3 N–H and O–H groups in total. The first-order valence-corrected chi connectivity index (χ1v) is 7.61. The number of aromatic nitrogens is 3. The summed E-state index contributed by atoms with van der Waals surface area (Å²) in [5.74, 6) is 1.57. The average molecular weight is 336 g/mol. The Hall–Kier alpha value is -1.40. The highest BCUT2D eigenvalue weighted by molar-refractivity contribution is 9.10. The molecule has 1 saturated heterocycles. The van der Waals surface area contributed by atoms with Crippen molar-refractivity contribution in [2.24, 2.45) is 5.73 Å². The summed E-state index contributed by atoms with van der Waals surface area (Å²) in [6, 6.07) is 6.54. The molecule has 0 amide bonds. The number of hydrogen-bond acceptors (Lipinski definition) is 4. The number of anilines is 1. The third-order valence-electron chi connectivity index (χ3n) is 3.61. The third kappa shape index (κ3) is 2.86. The number of piperidine rings is 1. The maximum absolute atomic E-state index is 5.92. The Balaban J connectivity index is 1.83. The molecule has 1 fully saturated rings. The largest absolute Gasteiger partial charge is 0.339 e. The zero-order chi connectivity index (χ0) is 14.1. The van der Waals surface area contributed by atoms with Crippen molar-refractivity contribution in [3.63, 3.8) is 0 Å². The van der Waals surface area contributed by atoms with Crippen LogP contribution in [0.2, 0.25) is 0 Å². The van der Waals surface area contributed by atoms with E-state index < -0.39 is 0 Å². The fraction of sp³-hybridized carbons (Fsp3) is 0.429. The summed E-state index contributed by atoms with van der Waals surface area (Å²) < 4.78 is 1.05. The van der Waals surface area contributed by atoms with Gasteiger partial charge in [0.1, 0.15) is 0 Å². The molecule has 2 aromatic rings. The summed E-state index contributed by atoms with van der Waals surface area (Å²) >= 11 is 3.51. The fourth-order valence-electron chi connectivity index (χ4n) is 2.50. The molecule has 2 heterocycles.